The number of carbonyl (C=O) groups is 2. The first-order valence-electron chi connectivity index (χ1n) is 8.65. The molecular formula is C21H24ClNO4. The van der Waals surface area contributed by atoms with Gasteiger partial charge in [-0.05, 0) is 44.5 Å². The molecule has 0 amide bonds. The van der Waals surface area contributed by atoms with E-state index in [0.29, 0.717) is 22.8 Å². The molecule has 0 fully saturated rings. The molecule has 0 unspecified atom stereocenters. The number of ketones is 1. The number of rotatable bonds is 8. The lowest BCUT2D eigenvalue weighted by Crippen LogP contribution is -2.16. The van der Waals surface area contributed by atoms with Gasteiger partial charge >= 0.3 is 5.97 Å². The van der Waals surface area contributed by atoms with Crippen molar-refractivity contribution in [2.75, 3.05) is 20.3 Å². The van der Waals surface area contributed by atoms with Gasteiger partial charge in [0.1, 0.15) is 0 Å². The van der Waals surface area contributed by atoms with Gasteiger partial charge in [0, 0.05) is 35.2 Å². The van der Waals surface area contributed by atoms with Crippen molar-refractivity contribution in [1.82, 2.24) is 4.57 Å². The maximum absolute atomic E-state index is 12.5. The third kappa shape index (κ3) is 5.31. The van der Waals surface area contributed by atoms with Crippen molar-refractivity contribution in [2.24, 2.45) is 0 Å². The van der Waals surface area contributed by atoms with Gasteiger partial charge in [-0.3, -0.25) is 4.79 Å². The van der Waals surface area contributed by atoms with Crippen LogP contribution in [0.25, 0.3) is 6.08 Å². The first-order valence-corrected chi connectivity index (χ1v) is 9.02. The summed E-state index contributed by atoms with van der Waals surface area (Å²) in [7, 11) is 1.65. The molecular weight excluding hydrogens is 366 g/mol. The molecule has 5 nitrogen and oxygen atoms in total. The molecule has 0 radical (unpaired) electrons. The maximum atomic E-state index is 12.5. The largest absolute Gasteiger partial charge is 0.454 e. The molecule has 1 aromatic carbocycles. The van der Waals surface area contributed by atoms with E-state index < -0.39 is 5.97 Å². The number of esters is 1. The summed E-state index contributed by atoms with van der Waals surface area (Å²) in [6, 6.07) is 9.07. The molecule has 0 aliphatic carbocycles. The second-order valence-corrected chi connectivity index (χ2v) is 6.75. The van der Waals surface area contributed by atoms with Gasteiger partial charge in [-0.1, -0.05) is 29.8 Å². The Bertz CT molecular complexity index is 854. The van der Waals surface area contributed by atoms with Gasteiger partial charge in [0.25, 0.3) is 0 Å². The Morgan fingerprint density at radius 1 is 1.26 bits per heavy atom. The molecule has 0 saturated heterocycles. The number of carbonyl (C=O) groups excluding carboxylic acids is 2. The minimum atomic E-state index is -0.593. The van der Waals surface area contributed by atoms with Crippen LogP contribution in [0.15, 0.2) is 36.4 Å². The quantitative estimate of drug-likeness (QED) is 0.381. The van der Waals surface area contributed by atoms with Crippen LogP contribution < -0.4 is 0 Å². The molecule has 2 rings (SSSR count). The van der Waals surface area contributed by atoms with Crippen LogP contribution >= 0.6 is 11.6 Å². The lowest BCUT2D eigenvalue weighted by Gasteiger charge is -2.17. The first-order chi connectivity index (χ1) is 12.8. The van der Waals surface area contributed by atoms with Crippen molar-refractivity contribution < 1.29 is 19.1 Å². The highest BCUT2D eigenvalue weighted by atomic mass is 35.5. The van der Waals surface area contributed by atoms with Crippen molar-refractivity contribution >= 4 is 29.4 Å². The summed E-state index contributed by atoms with van der Waals surface area (Å²) in [6.07, 6.45) is 2.83. The summed E-state index contributed by atoms with van der Waals surface area (Å²) in [5.74, 6) is -0.830. The van der Waals surface area contributed by atoms with Crippen molar-refractivity contribution in [3.8, 4) is 0 Å². The summed E-state index contributed by atoms with van der Waals surface area (Å²) in [5, 5.41) is 0.537. The highest BCUT2D eigenvalue weighted by Crippen LogP contribution is 2.21. The lowest BCUT2D eigenvalue weighted by molar-refractivity contribution is -0.136. The van der Waals surface area contributed by atoms with E-state index in [4.69, 9.17) is 21.1 Å². The standard InChI is InChI=1S/C21H24ClNO4/c1-14-11-18(16(3)23(14)15(2)12-26-4)20(24)13-27-21(25)10-9-17-7-5-6-8-19(17)22/h5-11,15H,12-13H2,1-4H3/b10-9+/t15-/m1/s1. The fourth-order valence-corrected chi connectivity index (χ4v) is 3.28. The minimum absolute atomic E-state index is 0.109. The third-order valence-corrected chi connectivity index (χ3v) is 4.63. The molecule has 0 aliphatic rings. The predicted molar refractivity (Wildman–Crippen MR) is 106 cm³/mol. The molecule has 0 N–H and O–H groups in total. The van der Waals surface area contributed by atoms with Gasteiger partial charge in [0.05, 0.1) is 12.6 Å². The van der Waals surface area contributed by atoms with Crippen LogP contribution in [0.4, 0.5) is 0 Å². The first kappa shape index (κ1) is 20.9. The zero-order valence-electron chi connectivity index (χ0n) is 16.0. The van der Waals surface area contributed by atoms with E-state index in [1.807, 2.05) is 32.9 Å². The van der Waals surface area contributed by atoms with Crippen molar-refractivity contribution in [1.29, 1.82) is 0 Å². The number of benzene rings is 1. The van der Waals surface area contributed by atoms with E-state index in [1.165, 1.54) is 6.08 Å². The molecule has 0 aliphatic heterocycles. The van der Waals surface area contributed by atoms with Crippen LogP contribution in [0.2, 0.25) is 5.02 Å². The smallest absolute Gasteiger partial charge is 0.331 e. The number of nitrogens with zero attached hydrogens (tertiary/aromatic N) is 1. The number of hydrogen-bond acceptors (Lipinski definition) is 4. The molecule has 0 saturated carbocycles. The van der Waals surface area contributed by atoms with Crippen LogP contribution in [0.3, 0.4) is 0 Å². The fraction of sp³-hybridized carbons (Fsp3) is 0.333. The summed E-state index contributed by atoms with van der Waals surface area (Å²) in [6.45, 7) is 6.08. The van der Waals surface area contributed by atoms with Crippen LogP contribution in [0.1, 0.15) is 40.3 Å². The summed E-state index contributed by atoms with van der Waals surface area (Å²) >= 11 is 6.03. The number of halogens is 1. The van der Waals surface area contributed by atoms with Crippen LogP contribution in [-0.2, 0) is 14.3 Å². The van der Waals surface area contributed by atoms with Crippen LogP contribution in [0.5, 0.6) is 0 Å². The van der Waals surface area contributed by atoms with Crippen molar-refractivity contribution in [3.63, 3.8) is 0 Å². The highest BCUT2D eigenvalue weighted by molar-refractivity contribution is 6.32. The number of hydrogen-bond donors (Lipinski definition) is 0. The average Bonchev–Trinajstić information content (AvgIpc) is 2.93. The minimum Gasteiger partial charge on any atom is -0.454 e. The number of methoxy groups -OCH3 is 1. The number of Topliss-reactive ketones (excluding diaryl/α,β-unsaturated/α-hetero) is 1. The Hall–Kier alpha value is -2.37. The molecule has 0 spiro atoms. The summed E-state index contributed by atoms with van der Waals surface area (Å²) in [4.78, 5) is 24.4. The van der Waals surface area contributed by atoms with E-state index in [9.17, 15) is 9.59 Å². The molecule has 2 aromatic rings. The van der Waals surface area contributed by atoms with Gasteiger partial charge in [-0.2, -0.15) is 0 Å². The SMILES string of the molecule is COC[C@@H](C)n1c(C)cc(C(=O)COC(=O)/C=C/c2ccccc2Cl)c1C. The van der Waals surface area contributed by atoms with Gasteiger partial charge in [-0.25, -0.2) is 4.79 Å². The fourth-order valence-electron chi connectivity index (χ4n) is 3.08. The second-order valence-electron chi connectivity index (χ2n) is 6.34. The van der Waals surface area contributed by atoms with Gasteiger partial charge in [-0.15, -0.1) is 0 Å². The highest BCUT2D eigenvalue weighted by Gasteiger charge is 2.19. The molecule has 0 bridgehead atoms. The van der Waals surface area contributed by atoms with Gasteiger partial charge in [0.2, 0.25) is 5.78 Å². The van der Waals surface area contributed by atoms with Crippen molar-refractivity contribution in [3.05, 3.63) is 63.9 Å². The Balaban J connectivity index is 2.00. The van der Waals surface area contributed by atoms with E-state index in [2.05, 4.69) is 4.57 Å². The monoisotopic (exact) mass is 389 g/mol. The van der Waals surface area contributed by atoms with E-state index >= 15 is 0 Å². The summed E-state index contributed by atoms with van der Waals surface area (Å²) in [5.41, 5.74) is 3.06. The van der Waals surface area contributed by atoms with Gasteiger partial charge in [0.15, 0.2) is 6.61 Å². The Labute approximate surface area is 164 Å². The van der Waals surface area contributed by atoms with Gasteiger partial charge < -0.3 is 14.0 Å². The molecule has 6 heteroatoms. The van der Waals surface area contributed by atoms with Crippen LogP contribution in [0, 0.1) is 13.8 Å². The molecule has 1 heterocycles. The normalized spacial score (nSPS) is 12.3. The maximum Gasteiger partial charge on any atom is 0.331 e. The average molecular weight is 390 g/mol. The number of aromatic nitrogens is 1. The Kier molecular flexibility index (Phi) is 7.39. The number of ether oxygens (including phenoxy) is 2. The molecule has 1 atom stereocenters. The lowest BCUT2D eigenvalue weighted by atomic mass is 10.1. The predicted octanol–water partition coefficient (Wildman–Crippen LogP) is 4.41. The zero-order chi connectivity index (χ0) is 20.0. The summed E-state index contributed by atoms with van der Waals surface area (Å²) < 4.78 is 12.3. The second kappa shape index (κ2) is 9.53. The van der Waals surface area contributed by atoms with Crippen molar-refractivity contribution in [2.45, 2.75) is 26.8 Å². The zero-order valence-corrected chi connectivity index (χ0v) is 16.7. The number of aryl methyl sites for hydroxylation is 1. The Morgan fingerprint density at radius 3 is 2.63 bits per heavy atom. The third-order valence-electron chi connectivity index (χ3n) is 4.28. The topological polar surface area (TPSA) is 57.5 Å². The van der Waals surface area contributed by atoms with E-state index in [1.54, 1.807) is 31.4 Å². The van der Waals surface area contributed by atoms with E-state index in [-0.39, 0.29) is 18.4 Å². The van der Waals surface area contributed by atoms with Crippen LogP contribution in [-0.4, -0.2) is 36.6 Å². The Morgan fingerprint density at radius 2 is 1.96 bits per heavy atom. The van der Waals surface area contributed by atoms with E-state index in [0.717, 1.165) is 11.4 Å². The molecule has 1 aromatic heterocycles. The molecule has 144 valence electrons. The molecule has 27 heavy (non-hydrogen) atoms.